The first-order valence-corrected chi connectivity index (χ1v) is 7.93. The van der Waals surface area contributed by atoms with Crippen molar-refractivity contribution in [2.75, 3.05) is 14.2 Å². The maximum Gasteiger partial charge on any atom is 0.236 e. The minimum Gasteiger partial charge on any atom is -0.493 e. The zero-order chi connectivity index (χ0) is 13.9. The predicted octanol–water partition coefficient (Wildman–Crippen LogP) is 2.90. The molecule has 0 saturated heterocycles. The highest BCUT2D eigenvalue weighted by atomic mass is 35.7. The molecule has 0 N–H and O–H groups in total. The highest BCUT2D eigenvalue weighted by Gasteiger charge is 2.18. The molecule has 18 heavy (non-hydrogen) atoms. The molecule has 0 bridgehead atoms. The Labute approximate surface area is 112 Å². The van der Waals surface area contributed by atoms with Gasteiger partial charge in [-0.15, -0.1) is 0 Å². The molecule has 1 rings (SSSR count). The fourth-order valence-electron chi connectivity index (χ4n) is 1.69. The summed E-state index contributed by atoms with van der Waals surface area (Å²) in [4.78, 5) is 0. The van der Waals surface area contributed by atoms with Crippen LogP contribution in [-0.4, -0.2) is 22.6 Å². The molecule has 0 heterocycles. The molecule has 0 fully saturated rings. The third-order valence-electron chi connectivity index (χ3n) is 2.57. The average Bonchev–Trinajstić information content (AvgIpc) is 2.25. The molecule has 102 valence electrons. The van der Waals surface area contributed by atoms with E-state index in [1.807, 2.05) is 19.9 Å². The molecule has 0 unspecified atom stereocenters. The van der Waals surface area contributed by atoms with E-state index >= 15 is 0 Å². The van der Waals surface area contributed by atoms with Gasteiger partial charge in [-0.1, -0.05) is 19.9 Å². The Kier molecular flexibility index (Phi) is 4.87. The number of methoxy groups -OCH3 is 2. The maximum atomic E-state index is 11.2. The molecule has 0 atom stereocenters. The van der Waals surface area contributed by atoms with E-state index in [9.17, 15) is 8.42 Å². The van der Waals surface area contributed by atoms with E-state index in [-0.39, 0.29) is 11.7 Å². The van der Waals surface area contributed by atoms with Crippen molar-refractivity contribution in [3.63, 3.8) is 0 Å². The van der Waals surface area contributed by atoms with Crippen LogP contribution >= 0.6 is 10.7 Å². The Morgan fingerprint density at radius 1 is 1.22 bits per heavy atom. The zero-order valence-corrected chi connectivity index (χ0v) is 12.4. The van der Waals surface area contributed by atoms with Crippen LogP contribution in [0.5, 0.6) is 11.5 Å². The van der Waals surface area contributed by atoms with E-state index in [2.05, 4.69) is 0 Å². The Morgan fingerprint density at radius 3 is 2.22 bits per heavy atom. The summed E-state index contributed by atoms with van der Waals surface area (Å²) in [6, 6.07) is 3.62. The van der Waals surface area contributed by atoms with Gasteiger partial charge in [0.2, 0.25) is 9.05 Å². The molecule has 1 aromatic carbocycles. The normalized spacial score (nSPS) is 11.7. The van der Waals surface area contributed by atoms with Gasteiger partial charge in [0.15, 0.2) is 11.5 Å². The Morgan fingerprint density at radius 2 is 1.83 bits per heavy atom. The smallest absolute Gasteiger partial charge is 0.236 e. The van der Waals surface area contributed by atoms with Gasteiger partial charge in [0.25, 0.3) is 0 Å². The van der Waals surface area contributed by atoms with Crippen molar-refractivity contribution in [1.82, 2.24) is 0 Å². The van der Waals surface area contributed by atoms with E-state index in [4.69, 9.17) is 20.2 Å². The summed E-state index contributed by atoms with van der Waals surface area (Å²) < 4.78 is 32.9. The Bertz CT molecular complexity index is 523. The number of hydrogen-bond donors (Lipinski definition) is 0. The van der Waals surface area contributed by atoms with Crippen LogP contribution in [0.25, 0.3) is 0 Å². The largest absolute Gasteiger partial charge is 0.493 e. The highest BCUT2D eigenvalue weighted by molar-refractivity contribution is 8.13. The number of halogens is 1. The average molecular weight is 293 g/mol. The third kappa shape index (κ3) is 3.78. The minimum absolute atomic E-state index is 0.251. The van der Waals surface area contributed by atoms with Gasteiger partial charge in [0.1, 0.15) is 0 Å². The molecule has 6 heteroatoms. The second kappa shape index (κ2) is 5.80. The van der Waals surface area contributed by atoms with Crippen LogP contribution in [0.15, 0.2) is 12.1 Å². The fourth-order valence-corrected chi connectivity index (χ4v) is 2.63. The van der Waals surface area contributed by atoms with Crippen LogP contribution in [0.3, 0.4) is 0 Å². The summed E-state index contributed by atoms with van der Waals surface area (Å²) in [6.45, 7) is 4.03. The van der Waals surface area contributed by atoms with Gasteiger partial charge in [0.05, 0.1) is 20.0 Å². The quantitative estimate of drug-likeness (QED) is 0.783. The molecule has 0 aliphatic rings. The molecular weight excluding hydrogens is 276 g/mol. The second-order valence-corrected chi connectivity index (χ2v) is 7.03. The van der Waals surface area contributed by atoms with Gasteiger partial charge in [-0.2, -0.15) is 0 Å². The maximum absolute atomic E-state index is 11.2. The van der Waals surface area contributed by atoms with Gasteiger partial charge in [0, 0.05) is 16.2 Å². The summed E-state index contributed by atoms with van der Waals surface area (Å²) >= 11 is 0. The van der Waals surface area contributed by atoms with Crippen molar-refractivity contribution < 1.29 is 17.9 Å². The van der Waals surface area contributed by atoms with Crippen LogP contribution in [0.4, 0.5) is 0 Å². The SMILES string of the molecule is COc1cc(C(C)C)cc(CS(=O)(=O)Cl)c1OC. The van der Waals surface area contributed by atoms with Crippen molar-refractivity contribution in [3.8, 4) is 11.5 Å². The number of ether oxygens (including phenoxy) is 2. The molecule has 0 amide bonds. The van der Waals surface area contributed by atoms with Crippen LogP contribution in [0, 0.1) is 0 Å². The summed E-state index contributed by atoms with van der Waals surface area (Å²) in [5, 5.41) is 0. The molecule has 1 aromatic rings. The van der Waals surface area contributed by atoms with Crippen molar-refractivity contribution in [2.45, 2.75) is 25.5 Å². The summed E-state index contributed by atoms with van der Waals surface area (Å²) in [5.74, 6) is 0.890. The van der Waals surface area contributed by atoms with Crippen LogP contribution in [-0.2, 0) is 14.8 Å². The lowest BCUT2D eigenvalue weighted by molar-refractivity contribution is 0.352. The van der Waals surface area contributed by atoms with Crippen molar-refractivity contribution in [2.24, 2.45) is 0 Å². The summed E-state index contributed by atoms with van der Waals surface area (Å²) in [6.07, 6.45) is 0. The number of rotatable bonds is 5. The fraction of sp³-hybridized carbons (Fsp3) is 0.500. The first-order chi connectivity index (χ1) is 8.28. The zero-order valence-electron chi connectivity index (χ0n) is 10.9. The lowest BCUT2D eigenvalue weighted by Crippen LogP contribution is -2.03. The minimum atomic E-state index is -3.64. The molecule has 0 saturated carbocycles. The Hall–Kier alpha value is -0.940. The standard InChI is InChI=1S/C12H17ClO4S/c1-8(2)9-5-10(7-18(13,14)15)12(17-4)11(6-9)16-3/h5-6,8H,7H2,1-4H3. The molecule has 0 aliphatic heterocycles. The van der Waals surface area contributed by atoms with Crippen molar-refractivity contribution in [3.05, 3.63) is 23.3 Å². The van der Waals surface area contributed by atoms with Gasteiger partial charge in [-0.05, 0) is 17.5 Å². The predicted molar refractivity (Wildman–Crippen MR) is 72.1 cm³/mol. The van der Waals surface area contributed by atoms with Crippen LogP contribution in [0.1, 0.15) is 30.9 Å². The highest BCUT2D eigenvalue weighted by Crippen LogP contribution is 2.36. The molecule has 0 radical (unpaired) electrons. The van der Waals surface area contributed by atoms with E-state index in [1.54, 1.807) is 6.07 Å². The van der Waals surface area contributed by atoms with Gasteiger partial charge >= 0.3 is 0 Å². The lowest BCUT2D eigenvalue weighted by Gasteiger charge is -2.16. The monoisotopic (exact) mass is 292 g/mol. The van der Waals surface area contributed by atoms with E-state index in [0.717, 1.165) is 5.56 Å². The van der Waals surface area contributed by atoms with E-state index < -0.39 is 9.05 Å². The second-order valence-electron chi connectivity index (χ2n) is 4.25. The molecule has 0 spiro atoms. The van der Waals surface area contributed by atoms with Gasteiger partial charge in [-0.25, -0.2) is 8.42 Å². The van der Waals surface area contributed by atoms with Gasteiger partial charge < -0.3 is 9.47 Å². The molecular formula is C12H17ClO4S. The van der Waals surface area contributed by atoms with E-state index in [0.29, 0.717) is 17.1 Å². The Balaban J connectivity index is 3.40. The molecule has 4 nitrogen and oxygen atoms in total. The summed E-state index contributed by atoms with van der Waals surface area (Å²) in [5.41, 5.74) is 1.48. The number of benzene rings is 1. The van der Waals surface area contributed by atoms with Gasteiger partial charge in [-0.3, -0.25) is 0 Å². The third-order valence-corrected chi connectivity index (χ3v) is 3.56. The topological polar surface area (TPSA) is 52.6 Å². The summed E-state index contributed by atoms with van der Waals surface area (Å²) in [7, 11) is 4.64. The van der Waals surface area contributed by atoms with Crippen LogP contribution in [0.2, 0.25) is 0 Å². The first-order valence-electron chi connectivity index (χ1n) is 5.45. The van der Waals surface area contributed by atoms with E-state index in [1.165, 1.54) is 14.2 Å². The van der Waals surface area contributed by atoms with Crippen molar-refractivity contribution >= 4 is 19.7 Å². The molecule has 0 aromatic heterocycles. The molecule has 0 aliphatic carbocycles. The number of hydrogen-bond acceptors (Lipinski definition) is 4. The first kappa shape index (κ1) is 15.1. The lowest BCUT2D eigenvalue weighted by atomic mass is 10.00. The van der Waals surface area contributed by atoms with Crippen molar-refractivity contribution in [1.29, 1.82) is 0 Å². The van der Waals surface area contributed by atoms with Crippen LogP contribution < -0.4 is 9.47 Å².